The highest BCUT2D eigenvalue weighted by Gasteiger charge is 2.24. The molecule has 1 nitrogen and oxygen atoms in total. The van der Waals surface area contributed by atoms with Crippen LogP contribution in [0.5, 0.6) is 0 Å². The lowest BCUT2D eigenvalue weighted by Crippen LogP contribution is -2.13. The molecule has 1 aromatic rings. The van der Waals surface area contributed by atoms with Crippen molar-refractivity contribution in [3.05, 3.63) is 33.8 Å². The minimum absolute atomic E-state index is 0.113. The predicted octanol–water partition coefficient (Wildman–Crippen LogP) is 4.07. The van der Waals surface area contributed by atoms with Crippen molar-refractivity contribution in [2.45, 2.75) is 18.1 Å². The molecule has 80 valence electrons. The molecule has 0 amide bonds. The molecular weight excluding hydrogens is 251 g/mol. The second-order valence-corrected chi connectivity index (χ2v) is 5.62. The van der Waals surface area contributed by atoms with Crippen molar-refractivity contribution in [1.82, 2.24) is 0 Å². The highest BCUT2D eigenvalue weighted by Crippen LogP contribution is 2.30. The fourth-order valence-electron chi connectivity index (χ4n) is 1.62. The van der Waals surface area contributed by atoms with Crippen LogP contribution in [0.2, 0.25) is 10.0 Å². The average Bonchev–Trinajstić information content (AvgIpc) is 2.74. The van der Waals surface area contributed by atoms with Gasteiger partial charge in [0.1, 0.15) is 0 Å². The zero-order chi connectivity index (χ0) is 10.8. The van der Waals surface area contributed by atoms with Crippen molar-refractivity contribution >= 4 is 40.7 Å². The van der Waals surface area contributed by atoms with E-state index in [9.17, 15) is 4.79 Å². The molecule has 15 heavy (non-hydrogen) atoms. The van der Waals surface area contributed by atoms with Gasteiger partial charge in [-0.05, 0) is 36.8 Å². The van der Waals surface area contributed by atoms with Gasteiger partial charge in [0.15, 0.2) is 5.78 Å². The minimum atomic E-state index is 0.113. The van der Waals surface area contributed by atoms with Gasteiger partial charge in [-0.2, -0.15) is 11.8 Å². The number of ketones is 1. The lowest BCUT2D eigenvalue weighted by molar-refractivity contribution is 0.0988. The quantitative estimate of drug-likeness (QED) is 0.746. The Morgan fingerprint density at radius 3 is 2.73 bits per heavy atom. The van der Waals surface area contributed by atoms with Crippen LogP contribution >= 0.6 is 35.0 Å². The zero-order valence-corrected chi connectivity index (χ0v) is 10.3. The van der Waals surface area contributed by atoms with Crippen LogP contribution in [0.25, 0.3) is 0 Å². The number of hydrogen-bond donors (Lipinski definition) is 0. The van der Waals surface area contributed by atoms with Gasteiger partial charge in [0.2, 0.25) is 0 Å². The van der Waals surface area contributed by atoms with E-state index >= 15 is 0 Å². The topological polar surface area (TPSA) is 17.1 Å². The third-order valence-corrected chi connectivity index (χ3v) is 4.54. The van der Waals surface area contributed by atoms with Crippen LogP contribution in [0, 0.1) is 0 Å². The molecule has 0 saturated carbocycles. The molecule has 2 rings (SSSR count). The molecule has 1 atom stereocenters. The van der Waals surface area contributed by atoms with Crippen molar-refractivity contribution in [3.8, 4) is 0 Å². The van der Waals surface area contributed by atoms with E-state index in [4.69, 9.17) is 23.2 Å². The van der Waals surface area contributed by atoms with Crippen LogP contribution in [-0.2, 0) is 0 Å². The van der Waals surface area contributed by atoms with Gasteiger partial charge >= 0.3 is 0 Å². The Morgan fingerprint density at radius 2 is 2.13 bits per heavy atom. The first-order valence-corrected chi connectivity index (χ1v) is 6.60. The monoisotopic (exact) mass is 260 g/mol. The van der Waals surface area contributed by atoms with Gasteiger partial charge in [-0.25, -0.2) is 0 Å². The second kappa shape index (κ2) is 4.77. The molecule has 0 aliphatic carbocycles. The number of benzene rings is 1. The Balaban J connectivity index is 2.21. The molecule has 1 heterocycles. The smallest absolute Gasteiger partial charge is 0.175 e. The standard InChI is InChI=1S/C11H10Cl2OS/c12-8-4-3-7(6-9(8)13)11(14)10-2-1-5-15-10/h3-4,6,10H,1-2,5H2. The van der Waals surface area contributed by atoms with Gasteiger partial charge in [-0.1, -0.05) is 23.2 Å². The van der Waals surface area contributed by atoms with E-state index in [-0.39, 0.29) is 11.0 Å². The molecule has 1 aromatic carbocycles. The number of hydrogen-bond acceptors (Lipinski definition) is 2. The van der Waals surface area contributed by atoms with Crippen molar-refractivity contribution in [2.75, 3.05) is 5.75 Å². The minimum Gasteiger partial charge on any atom is -0.293 e. The predicted molar refractivity (Wildman–Crippen MR) is 66.3 cm³/mol. The first kappa shape index (κ1) is 11.3. The van der Waals surface area contributed by atoms with Crippen molar-refractivity contribution in [2.24, 2.45) is 0 Å². The largest absolute Gasteiger partial charge is 0.293 e. The highest BCUT2D eigenvalue weighted by atomic mass is 35.5. The van der Waals surface area contributed by atoms with Crippen molar-refractivity contribution < 1.29 is 4.79 Å². The van der Waals surface area contributed by atoms with Crippen LogP contribution in [-0.4, -0.2) is 16.8 Å². The van der Waals surface area contributed by atoms with Crippen LogP contribution in [0.1, 0.15) is 23.2 Å². The number of halogens is 2. The number of carbonyl (C=O) groups is 1. The molecule has 0 aromatic heterocycles. The lowest BCUT2D eigenvalue weighted by Gasteiger charge is -2.07. The zero-order valence-electron chi connectivity index (χ0n) is 8.00. The SMILES string of the molecule is O=C(c1ccc(Cl)c(Cl)c1)C1CCCS1. The number of Topliss-reactive ketones (excluding diaryl/α,β-unsaturated/α-hetero) is 1. The van der Waals surface area contributed by atoms with E-state index in [1.165, 1.54) is 0 Å². The molecule has 1 aliphatic heterocycles. The first-order valence-electron chi connectivity index (χ1n) is 4.79. The van der Waals surface area contributed by atoms with E-state index in [1.54, 1.807) is 30.0 Å². The van der Waals surface area contributed by atoms with Crippen LogP contribution in [0.3, 0.4) is 0 Å². The Labute approximate surface area is 103 Å². The molecule has 1 saturated heterocycles. The molecular formula is C11H10Cl2OS. The summed E-state index contributed by atoms with van der Waals surface area (Å²) in [5, 5.41) is 1.06. The normalized spacial score (nSPS) is 20.5. The maximum atomic E-state index is 12.0. The summed E-state index contributed by atoms with van der Waals surface area (Å²) in [4.78, 5) is 12.0. The average molecular weight is 261 g/mol. The summed E-state index contributed by atoms with van der Waals surface area (Å²) in [5.74, 6) is 1.26. The van der Waals surface area contributed by atoms with E-state index in [1.807, 2.05) is 0 Å². The summed E-state index contributed by atoms with van der Waals surface area (Å²) in [5.41, 5.74) is 0.670. The Bertz CT molecular complexity index is 386. The summed E-state index contributed by atoms with van der Waals surface area (Å²) in [6, 6.07) is 5.08. The van der Waals surface area contributed by atoms with Gasteiger partial charge in [0, 0.05) is 5.56 Å². The van der Waals surface area contributed by atoms with Gasteiger partial charge < -0.3 is 0 Å². The summed E-state index contributed by atoms with van der Waals surface area (Å²) < 4.78 is 0. The van der Waals surface area contributed by atoms with E-state index in [2.05, 4.69) is 0 Å². The Kier molecular flexibility index (Phi) is 3.60. The van der Waals surface area contributed by atoms with Gasteiger partial charge in [0.05, 0.1) is 15.3 Å². The molecule has 0 bridgehead atoms. The van der Waals surface area contributed by atoms with Crippen molar-refractivity contribution in [1.29, 1.82) is 0 Å². The highest BCUT2D eigenvalue weighted by molar-refractivity contribution is 8.00. The molecule has 1 unspecified atom stereocenters. The van der Waals surface area contributed by atoms with E-state index in [0.29, 0.717) is 15.6 Å². The second-order valence-electron chi connectivity index (χ2n) is 3.49. The molecule has 1 fully saturated rings. The first-order chi connectivity index (χ1) is 7.18. The third kappa shape index (κ3) is 2.49. The summed E-state index contributed by atoms with van der Waals surface area (Å²) >= 11 is 13.4. The summed E-state index contributed by atoms with van der Waals surface area (Å²) in [6.07, 6.45) is 2.10. The number of carbonyl (C=O) groups excluding carboxylic acids is 1. The van der Waals surface area contributed by atoms with Gasteiger partial charge in [-0.3, -0.25) is 4.79 Å². The fraction of sp³-hybridized carbons (Fsp3) is 0.364. The lowest BCUT2D eigenvalue weighted by atomic mass is 10.1. The fourth-order valence-corrected chi connectivity index (χ4v) is 3.16. The Morgan fingerprint density at radius 1 is 1.33 bits per heavy atom. The van der Waals surface area contributed by atoms with Gasteiger partial charge in [0.25, 0.3) is 0 Å². The number of rotatable bonds is 2. The maximum absolute atomic E-state index is 12.0. The van der Waals surface area contributed by atoms with Crippen molar-refractivity contribution in [3.63, 3.8) is 0 Å². The maximum Gasteiger partial charge on any atom is 0.175 e. The summed E-state index contributed by atoms with van der Waals surface area (Å²) in [6.45, 7) is 0. The van der Waals surface area contributed by atoms with Crippen LogP contribution in [0.15, 0.2) is 18.2 Å². The molecule has 0 radical (unpaired) electrons. The molecule has 1 aliphatic rings. The molecule has 0 spiro atoms. The number of thioether (sulfide) groups is 1. The molecule has 4 heteroatoms. The van der Waals surface area contributed by atoms with Crippen LogP contribution < -0.4 is 0 Å². The molecule has 0 N–H and O–H groups in total. The Hall–Kier alpha value is -0.180. The van der Waals surface area contributed by atoms with E-state index in [0.717, 1.165) is 18.6 Å². The summed E-state index contributed by atoms with van der Waals surface area (Å²) in [7, 11) is 0. The van der Waals surface area contributed by atoms with E-state index < -0.39 is 0 Å². The third-order valence-electron chi connectivity index (χ3n) is 2.43. The van der Waals surface area contributed by atoms with Gasteiger partial charge in [-0.15, -0.1) is 0 Å². The van der Waals surface area contributed by atoms with Crippen LogP contribution in [0.4, 0.5) is 0 Å².